The van der Waals surface area contributed by atoms with Gasteiger partial charge in [0.25, 0.3) is 0 Å². The van der Waals surface area contributed by atoms with E-state index < -0.39 is 18.6 Å². The number of carboxylic acid groups (broad SMARTS) is 1. The molecule has 0 aromatic rings. The zero-order chi connectivity index (χ0) is 15.7. The van der Waals surface area contributed by atoms with Crippen molar-refractivity contribution in [3.63, 3.8) is 0 Å². The first-order valence-electron chi connectivity index (χ1n) is 8.06. The third kappa shape index (κ3) is 7.26. The Bertz CT molecular complexity index is 311. The average Bonchev–Trinajstić information content (AvgIpc) is 2.92. The molecule has 122 valence electrons. The number of hydrogen-bond acceptors (Lipinski definition) is 5. The standard InChI is InChI=1S/C14H29BN2O4/c16-14(13(18)19,8-3-4-10-15(20)21)9-5-11-17-12-6-1-2-7-12/h12,17,20-21H,1-11,16H2,(H,18,19). The van der Waals surface area contributed by atoms with Crippen molar-refractivity contribution in [2.24, 2.45) is 5.73 Å². The molecule has 1 atom stereocenters. The zero-order valence-electron chi connectivity index (χ0n) is 12.8. The van der Waals surface area contributed by atoms with Gasteiger partial charge in [-0.2, -0.15) is 0 Å². The molecule has 1 saturated carbocycles. The van der Waals surface area contributed by atoms with Gasteiger partial charge in [0, 0.05) is 6.04 Å². The number of carboxylic acids is 1. The first kappa shape index (κ1) is 18.4. The maximum atomic E-state index is 11.4. The highest BCUT2D eigenvalue weighted by molar-refractivity contribution is 6.40. The molecule has 0 aromatic carbocycles. The Hall–Kier alpha value is -0.625. The van der Waals surface area contributed by atoms with E-state index in [4.69, 9.17) is 15.8 Å². The predicted molar refractivity (Wildman–Crippen MR) is 82.9 cm³/mol. The maximum absolute atomic E-state index is 11.4. The molecule has 0 amide bonds. The fraction of sp³-hybridized carbons (Fsp3) is 0.929. The number of carbonyl (C=O) groups is 1. The van der Waals surface area contributed by atoms with Gasteiger partial charge in [-0.05, 0) is 45.0 Å². The fourth-order valence-electron chi connectivity index (χ4n) is 2.95. The van der Waals surface area contributed by atoms with Gasteiger partial charge >= 0.3 is 13.1 Å². The monoisotopic (exact) mass is 300 g/mol. The topological polar surface area (TPSA) is 116 Å². The van der Waals surface area contributed by atoms with Gasteiger partial charge in [0.2, 0.25) is 0 Å². The molecule has 1 rings (SSSR count). The summed E-state index contributed by atoms with van der Waals surface area (Å²) in [6.07, 6.45) is 8.00. The van der Waals surface area contributed by atoms with E-state index in [1.54, 1.807) is 0 Å². The normalized spacial score (nSPS) is 18.6. The molecular weight excluding hydrogens is 271 g/mol. The third-order valence-electron chi connectivity index (χ3n) is 4.35. The zero-order valence-corrected chi connectivity index (χ0v) is 12.8. The van der Waals surface area contributed by atoms with Gasteiger partial charge in [-0.25, -0.2) is 0 Å². The van der Waals surface area contributed by atoms with Crippen LogP contribution in [0.25, 0.3) is 0 Å². The summed E-state index contributed by atoms with van der Waals surface area (Å²) in [5.74, 6) is -0.965. The molecule has 0 bridgehead atoms. The van der Waals surface area contributed by atoms with E-state index in [0.29, 0.717) is 31.7 Å². The Morgan fingerprint density at radius 2 is 1.81 bits per heavy atom. The smallest absolute Gasteiger partial charge is 0.451 e. The van der Waals surface area contributed by atoms with E-state index in [1.165, 1.54) is 25.7 Å². The highest BCUT2D eigenvalue weighted by atomic mass is 16.4. The Morgan fingerprint density at radius 3 is 2.38 bits per heavy atom. The number of nitrogens with two attached hydrogens (primary N) is 1. The Morgan fingerprint density at radius 1 is 1.19 bits per heavy atom. The minimum atomic E-state index is -1.32. The van der Waals surface area contributed by atoms with Gasteiger partial charge < -0.3 is 26.2 Å². The average molecular weight is 300 g/mol. The quantitative estimate of drug-likeness (QED) is 0.284. The van der Waals surface area contributed by atoms with Crippen molar-refractivity contribution >= 4 is 13.1 Å². The fourth-order valence-corrected chi connectivity index (χ4v) is 2.95. The Kier molecular flexibility index (Phi) is 8.25. The van der Waals surface area contributed by atoms with E-state index in [9.17, 15) is 9.90 Å². The molecule has 21 heavy (non-hydrogen) atoms. The van der Waals surface area contributed by atoms with Crippen molar-refractivity contribution in [3.8, 4) is 0 Å². The van der Waals surface area contributed by atoms with Crippen LogP contribution >= 0.6 is 0 Å². The molecule has 1 fully saturated rings. The highest BCUT2D eigenvalue weighted by Gasteiger charge is 2.32. The number of hydrogen-bond donors (Lipinski definition) is 5. The van der Waals surface area contributed by atoms with Crippen LogP contribution in [0.15, 0.2) is 0 Å². The molecule has 1 aliphatic rings. The molecule has 0 spiro atoms. The van der Waals surface area contributed by atoms with Gasteiger partial charge in [0.1, 0.15) is 5.54 Å². The highest BCUT2D eigenvalue weighted by Crippen LogP contribution is 2.20. The van der Waals surface area contributed by atoms with Crippen LogP contribution in [0.1, 0.15) is 57.8 Å². The van der Waals surface area contributed by atoms with Gasteiger partial charge in [0.05, 0.1) is 0 Å². The van der Waals surface area contributed by atoms with Gasteiger partial charge in [-0.3, -0.25) is 4.79 Å². The summed E-state index contributed by atoms with van der Waals surface area (Å²) < 4.78 is 0. The van der Waals surface area contributed by atoms with Crippen LogP contribution in [0, 0.1) is 0 Å². The van der Waals surface area contributed by atoms with Crippen LogP contribution in [-0.2, 0) is 4.79 Å². The van der Waals surface area contributed by atoms with E-state index >= 15 is 0 Å². The van der Waals surface area contributed by atoms with Crippen LogP contribution in [-0.4, -0.2) is 46.4 Å². The number of nitrogens with one attached hydrogen (secondary N) is 1. The summed E-state index contributed by atoms with van der Waals surface area (Å²) in [5.41, 5.74) is 4.80. The molecule has 1 unspecified atom stereocenters. The molecular formula is C14H29BN2O4. The second kappa shape index (κ2) is 9.40. The van der Waals surface area contributed by atoms with Crippen LogP contribution in [0.5, 0.6) is 0 Å². The second-order valence-electron chi connectivity index (χ2n) is 6.23. The lowest BCUT2D eigenvalue weighted by Crippen LogP contribution is -2.48. The van der Waals surface area contributed by atoms with Gasteiger partial charge in [-0.1, -0.05) is 25.7 Å². The first-order chi connectivity index (χ1) is 9.94. The van der Waals surface area contributed by atoms with Gasteiger partial charge in [-0.15, -0.1) is 0 Å². The molecule has 0 aromatic heterocycles. The van der Waals surface area contributed by atoms with Crippen LogP contribution in [0.4, 0.5) is 0 Å². The van der Waals surface area contributed by atoms with E-state index in [1.807, 2.05) is 0 Å². The summed E-state index contributed by atoms with van der Waals surface area (Å²) in [6, 6.07) is 0.591. The van der Waals surface area contributed by atoms with Gasteiger partial charge in [0.15, 0.2) is 0 Å². The lowest BCUT2D eigenvalue weighted by atomic mass is 9.81. The van der Waals surface area contributed by atoms with E-state index in [-0.39, 0.29) is 6.32 Å². The second-order valence-corrected chi connectivity index (χ2v) is 6.23. The van der Waals surface area contributed by atoms with Crippen LogP contribution in [0.2, 0.25) is 6.32 Å². The SMILES string of the molecule is NC(CCCCB(O)O)(CCCNC1CCCC1)C(=O)O. The van der Waals surface area contributed by atoms with Crippen molar-refractivity contribution in [1.29, 1.82) is 0 Å². The lowest BCUT2D eigenvalue weighted by Gasteiger charge is -2.25. The molecule has 0 aliphatic heterocycles. The van der Waals surface area contributed by atoms with Crippen LogP contribution < -0.4 is 11.1 Å². The molecule has 1 aliphatic carbocycles. The van der Waals surface area contributed by atoms with Crippen molar-refractivity contribution in [3.05, 3.63) is 0 Å². The maximum Gasteiger partial charge on any atom is 0.451 e. The number of aliphatic carboxylic acids is 1. The minimum absolute atomic E-state index is 0.263. The summed E-state index contributed by atoms with van der Waals surface area (Å²) in [6.45, 7) is 0.812. The number of rotatable bonds is 11. The molecule has 7 heteroatoms. The number of unbranched alkanes of at least 4 members (excludes halogenated alkanes) is 1. The van der Waals surface area contributed by atoms with E-state index in [2.05, 4.69) is 5.32 Å². The van der Waals surface area contributed by atoms with Crippen molar-refractivity contribution < 1.29 is 19.9 Å². The van der Waals surface area contributed by atoms with Crippen LogP contribution in [0.3, 0.4) is 0 Å². The van der Waals surface area contributed by atoms with Crippen molar-refractivity contribution in [1.82, 2.24) is 5.32 Å². The molecule has 0 radical (unpaired) electrons. The summed E-state index contributed by atoms with van der Waals surface area (Å²) in [7, 11) is -1.32. The molecule has 0 heterocycles. The third-order valence-corrected chi connectivity index (χ3v) is 4.35. The predicted octanol–water partition coefficient (Wildman–Crippen LogP) is 0.724. The lowest BCUT2D eigenvalue weighted by molar-refractivity contribution is -0.144. The minimum Gasteiger partial charge on any atom is -0.480 e. The summed E-state index contributed by atoms with van der Waals surface area (Å²) >= 11 is 0. The Labute approximate surface area is 127 Å². The molecule has 6 nitrogen and oxygen atoms in total. The van der Waals surface area contributed by atoms with E-state index in [0.717, 1.165) is 13.0 Å². The largest absolute Gasteiger partial charge is 0.480 e. The molecule has 6 N–H and O–H groups in total. The van der Waals surface area contributed by atoms with Crippen molar-refractivity contribution in [2.45, 2.75) is 75.7 Å². The van der Waals surface area contributed by atoms with Crippen molar-refractivity contribution in [2.75, 3.05) is 6.54 Å². The first-order valence-corrected chi connectivity index (χ1v) is 8.06. The summed E-state index contributed by atoms with van der Waals surface area (Å²) in [4.78, 5) is 11.4. The Balaban J connectivity index is 2.21. The molecule has 0 saturated heterocycles. The summed E-state index contributed by atoms with van der Waals surface area (Å²) in [5, 5.41) is 30.3.